The minimum Gasteiger partial charge on any atom is -0.481 e. The van der Waals surface area contributed by atoms with Crippen molar-refractivity contribution in [3.63, 3.8) is 0 Å². The van der Waals surface area contributed by atoms with E-state index in [0.29, 0.717) is 10.6 Å². The van der Waals surface area contributed by atoms with Gasteiger partial charge in [0.05, 0.1) is 0 Å². The number of aliphatic hydroxyl groups is 1. The Bertz CT molecular complexity index is 561. The second-order valence-corrected chi connectivity index (χ2v) is 7.58. The second-order valence-electron chi connectivity index (χ2n) is 4.48. The summed E-state index contributed by atoms with van der Waals surface area (Å²) in [7, 11) is -2.94. The number of carboxylic acid groups (broad SMARTS) is 1. The van der Waals surface area contributed by atoms with E-state index in [1.165, 1.54) is 0 Å². The van der Waals surface area contributed by atoms with Gasteiger partial charge in [0.25, 0.3) is 5.97 Å². The van der Waals surface area contributed by atoms with Crippen LogP contribution in [0.25, 0.3) is 0 Å². The summed E-state index contributed by atoms with van der Waals surface area (Å²) in [6.07, 6.45) is 0. The molecule has 2 aromatic rings. The second kappa shape index (κ2) is 7.77. The molecule has 1 unspecified atom stereocenters. The van der Waals surface area contributed by atoms with Crippen LogP contribution in [0.4, 0.5) is 0 Å². The van der Waals surface area contributed by atoms with Crippen molar-refractivity contribution in [2.24, 2.45) is 0 Å². The highest BCUT2D eigenvalue weighted by Gasteiger charge is 2.32. The fourth-order valence-corrected chi connectivity index (χ4v) is 4.27. The Morgan fingerprint density at radius 3 is 1.48 bits per heavy atom. The van der Waals surface area contributed by atoms with E-state index in [2.05, 4.69) is 0 Å². The van der Waals surface area contributed by atoms with Gasteiger partial charge in [-0.25, -0.2) is 0 Å². The number of hydrogen-bond acceptors (Lipinski definition) is 3. The molecule has 0 radical (unpaired) electrons. The zero-order valence-corrected chi connectivity index (χ0v) is 12.9. The Hall–Kier alpha value is -1.90. The SMILES string of the molecule is CC(=O)O.CC(O)P(=O)(c1ccccc1)c1ccccc1. The van der Waals surface area contributed by atoms with Gasteiger partial charge in [-0.05, 0) is 6.92 Å². The van der Waals surface area contributed by atoms with E-state index in [9.17, 15) is 9.67 Å². The Balaban J connectivity index is 0.000000491. The lowest BCUT2D eigenvalue weighted by atomic mass is 10.4. The predicted molar refractivity (Wildman–Crippen MR) is 84.7 cm³/mol. The molecular weight excluding hydrogens is 287 g/mol. The van der Waals surface area contributed by atoms with Crippen molar-refractivity contribution in [1.29, 1.82) is 0 Å². The molecule has 112 valence electrons. The maximum Gasteiger partial charge on any atom is 0.300 e. The Morgan fingerprint density at radius 1 is 0.952 bits per heavy atom. The van der Waals surface area contributed by atoms with Crippen LogP contribution in [0.5, 0.6) is 0 Å². The van der Waals surface area contributed by atoms with E-state index < -0.39 is 19.0 Å². The van der Waals surface area contributed by atoms with Crippen LogP contribution in [0.2, 0.25) is 0 Å². The van der Waals surface area contributed by atoms with Crippen molar-refractivity contribution < 1.29 is 19.6 Å². The van der Waals surface area contributed by atoms with Crippen LogP contribution in [0.1, 0.15) is 13.8 Å². The zero-order chi connectivity index (χ0) is 15.9. The van der Waals surface area contributed by atoms with Crippen molar-refractivity contribution in [2.45, 2.75) is 19.7 Å². The number of rotatable bonds is 3. The lowest BCUT2D eigenvalue weighted by molar-refractivity contribution is -0.134. The molecule has 1 atom stereocenters. The van der Waals surface area contributed by atoms with Gasteiger partial charge in [-0.15, -0.1) is 0 Å². The van der Waals surface area contributed by atoms with E-state index >= 15 is 0 Å². The van der Waals surface area contributed by atoms with Crippen LogP contribution >= 0.6 is 7.14 Å². The predicted octanol–water partition coefficient (Wildman–Crippen LogP) is 2.43. The van der Waals surface area contributed by atoms with Gasteiger partial charge in [0.2, 0.25) is 0 Å². The van der Waals surface area contributed by atoms with E-state index in [0.717, 1.165) is 6.92 Å². The topological polar surface area (TPSA) is 74.6 Å². The normalized spacial score (nSPS) is 12.0. The number of benzene rings is 2. The number of hydrogen-bond donors (Lipinski definition) is 2. The lowest BCUT2D eigenvalue weighted by Gasteiger charge is -2.21. The van der Waals surface area contributed by atoms with Crippen molar-refractivity contribution >= 4 is 23.7 Å². The molecule has 0 aliphatic heterocycles. The van der Waals surface area contributed by atoms with Crippen molar-refractivity contribution in [3.8, 4) is 0 Å². The summed E-state index contributed by atoms with van der Waals surface area (Å²) in [4.78, 5) is 9.00. The summed E-state index contributed by atoms with van der Waals surface area (Å²) >= 11 is 0. The minimum absolute atomic E-state index is 0.696. The molecule has 0 aliphatic carbocycles. The summed E-state index contributed by atoms with van der Waals surface area (Å²) in [5, 5.41) is 18.7. The molecule has 0 bridgehead atoms. The van der Waals surface area contributed by atoms with Gasteiger partial charge < -0.3 is 14.8 Å². The average Bonchev–Trinajstić information content (AvgIpc) is 2.47. The van der Waals surface area contributed by atoms with Crippen LogP contribution < -0.4 is 10.6 Å². The summed E-state index contributed by atoms with van der Waals surface area (Å²) in [6.45, 7) is 2.67. The molecule has 2 N–H and O–H groups in total. The average molecular weight is 306 g/mol. The first-order valence-corrected chi connectivity index (χ1v) is 8.25. The Morgan fingerprint density at radius 2 is 1.24 bits per heavy atom. The van der Waals surface area contributed by atoms with Crippen molar-refractivity contribution in [1.82, 2.24) is 0 Å². The zero-order valence-electron chi connectivity index (χ0n) is 12.0. The molecule has 0 heterocycles. The summed E-state index contributed by atoms with van der Waals surface area (Å²) in [5.74, 6) is -1.72. The van der Waals surface area contributed by atoms with Gasteiger partial charge in [0.15, 0.2) is 7.14 Å². The molecule has 0 spiro atoms. The summed E-state index contributed by atoms with van der Waals surface area (Å²) in [5.41, 5.74) is 0. The molecule has 2 aromatic carbocycles. The van der Waals surface area contributed by atoms with E-state index in [1.807, 2.05) is 36.4 Å². The number of carbonyl (C=O) groups is 1. The van der Waals surface area contributed by atoms with Gasteiger partial charge in [-0.1, -0.05) is 60.7 Å². The Kier molecular flexibility index (Phi) is 6.35. The molecule has 0 fully saturated rings. The molecule has 2 rings (SSSR count). The molecule has 0 amide bonds. The molecule has 4 nitrogen and oxygen atoms in total. The van der Waals surface area contributed by atoms with Crippen LogP contribution in [-0.2, 0) is 9.36 Å². The van der Waals surface area contributed by atoms with Crippen molar-refractivity contribution in [2.75, 3.05) is 0 Å². The maximum atomic E-state index is 13.1. The third-order valence-electron chi connectivity index (χ3n) is 2.81. The first-order valence-electron chi connectivity index (χ1n) is 6.47. The summed E-state index contributed by atoms with van der Waals surface area (Å²) < 4.78 is 13.1. The van der Waals surface area contributed by atoms with Crippen LogP contribution in [0, 0.1) is 0 Å². The number of aliphatic carboxylic acids is 1. The first-order chi connectivity index (χ1) is 9.89. The smallest absolute Gasteiger partial charge is 0.300 e. The molecule has 0 saturated heterocycles. The first kappa shape index (κ1) is 17.2. The third kappa shape index (κ3) is 4.55. The monoisotopic (exact) mass is 306 g/mol. The van der Waals surface area contributed by atoms with Crippen LogP contribution in [0.3, 0.4) is 0 Å². The van der Waals surface area contributed by atoms with Gasteiger partial charge in [0.1, 0.15) is 5.85 Å². The van der Waals surface area contributed by atoms with E-state index in [1.54, 1.807) is 31.2 Å². The molecule has 5 heteroatoms. The van der Waals surface area contributed by atoms with Gasteiger partial charge in [-0.3, -0.25) is 4.79 Å². The Labute approximate surface area is 124 Å². The highest BCUT2D eigenvalue weighted by atomic mass is 31.2. The molecular formula is C16H19O4P. The molecule has 0 saturated carbocycles. The van der Waals surface area contributed by atoms with Crippen LogP contribution in [-0.4, -0.2) is 22.0 Å². The summed E-state index contributed by atoms with van der Waals surface area (Å²) in [6, 6.07) is 18.3. The standard InChI is InChI=1S/C14H15O2P.C2H4O2/c1-12(15)17(16,13-8-4-2-5-9-13)14-10-6-3-7-11-14;1-2(3)4/h2-12,15H,1H3;1H3,(H,3,4). The molecule has 0 aromatic heterocycles. The molecule has 0 aliphatic rings. The minimum atomic E-state index is -2.94. The van der Waals surface area contributed by atoms with Gasteiger partial charge >= 0.3 is 0 Å². The highest BCUT2D eigenvalue weighted by Crippen LogP contribution is 2.46. The largest absolute Gasteiger partial charge is 0.481 e. The highest BCUT2D eigenvalue weighted by molar-refractivity contribution is 7.79. The van der Waals surface area contributed by atoms with E-state index in [-0.39, 0.29) is 0 Å². The van der Waals surface area contributed by atoms with Gasteiger partial charge in [0, 0.05) is 17.5 Å². The van der Waals surface area contributed by atoms with E-state index in [4.69, 9.17) is 9.90 Å². The fraction of sp³-hybridized carbons (Fsp3) is 0.188. The van der Waals surface area contributed by atoms with Crippen LogP contribution in [0.15, 0.2) is 60.7 Å². The molecule has 21 heavy (non-hydrogen) atoms. The maximum absolute atomic E-state index is 13.1. The fourth-order valence-electron chi connectivity index (χ4n) is 1.88. The number of aliphatic hydroxyl groups excluding tert-OH is 1. The third-order valence-corrected chi connectivity index (χ3v) is 5.99. The van der Waals surface area contributed by atoms with Gasteiger partial charge in [-0.2, -0.15) is 0 Å². The van der Waals surface area contributed by atoms with Crippen molar-refractivity contribution in [3.05, 3.63) is 60.7 Å². The number of carboxylic acids is 1. The lowest BCUT2D eigenvalue weighted by Crippen LogP contribution is -2.23. The quantitative estimate of drug-likeness (QED) is 0.854.